The highest BCUT2D eigenvalue weighted by Gasteiger charge is 2.41. The van der Waals surface area contributed by atoms with Gasteiger partial charge in [-0.25, -0.2) is 0 Å². The number of hydrazone groups is 1. The maximum absolute atomic E-state index is 10.8. The largest absolute Gasteiger partial charge is 0.481 e. The molecule has 8 nitrogen and oxygen atoms in total. The van der Waals surface area contributed by atoms with Crippen LogP contribution in [0, 0.1) is 0 Å². The Bertz CT molecular complexity index is 1020. The van der Waals surface area contributed by atoms with E-state index in [0.29, 0.717) is 23.5 Å². The van der Waals surface area contributed by atoms with Gasteiger partial charge in [-0.05, 0) is 78.1 Å². The summed E-state index contributed by atoms with van der Waals surface area (Å²) in [5, 5.41) is 7.55. The summed E-state index contributed by atoms with van der Waals surface area (Å²) in [4.78, 5) is 13.7. The van der Waals surface area contributed by atoms with E-state index in [0.717, 1.165) is 11.8 Å². The molecule has 0 aliphatic rings. The standard InChI is InChI=1S/C22H27N5O3PS/c1-6-22(4,25-26-23)30-20-11-7-17(8-12-20)15-24-27(5)31(32)21(2,3)29-19-13-9-18(16-28)10-14-19/h7-16H,6H2,1-5H3/q+1/b24-15+. The van der Waals surface area contributed by atoms with Gasteiger partial charge >= 0.3 is 6.85 Å². The minimum Gasteiger partial charge on any atom is -0.481 e. The number of hydrogen-bond acceptors (Lipinski definition) is 6. The lowest BCUT2D eigenvalue weighted by Crippen LogP contribution is -2.28. The van der Waals surface area contributed by atoms with E-state index in [1.165, 1.54) is 0 Å². The van der Waals surface area contributed by atoms with Crippen LogP contribution in [0.4, 0.5) is 0 Å². The van der Waals surface area contributed by atoms with Crippen molar-refractivity contribution in [3.05, 3.63) is 70.1 Å². The fourth-order valence-corrected chi connectivity index (χ4v) is 3.89. The van der Waals surface area contributed by atoms with E-state index in [1.54, 1.807) is 54.3 Å². The summed E-state index contributed by atoms with van der Waals surface area (Å²) in [6.07, 6.45) is 3.05. The molecular formula is C22H27N5O3PS+. The monoisotopic (exact) mass is 472 g/mol. The summed E-state index contributed by atoms with van der Waals surface area (Å²) in [5.41, 5.74) is 9.24. The van der Waals surface area contributed by atoms with Gasteiger partial charge in [0, 0.05) is 24.3 Å². The summed E-state index contributed by atoms with van der Waals surface area (Å²) in [7, 11) is 1.82. The average Bonchev–Trinajstić information content (AvgIpc) is 2.78. The summed E-state index contributed by atoms with van der Waals surface area (Å²) >= 11 is 5.71. The lowest BCUT2D eigenvalue weighted by Gasteiger charge is -2.24. The van der Waals surface area contributed by atoms with Crippen molar-refractivity contribution in [1.82, 2.24) is 4.78 Å². The molecule has 10 heteroatoms. The molecule has 0 bridgehead atoms. The minimum absolute atomic E-state index is 0.548. The van der Waals surface area contributed by atoms with Crippen LogP contribution in [0.5, 0.6) is 11.5 Å². The quantitative estimate of drug-likeness (QED) is 0.0731. The molecule has 0 spiro atoms. The maximum Gasteiger partial charge on any atom is 0.358 e. The number of nitrogens with zero attached hydrogens (tertiary/aromatic N) is 5. The van der Waals surface area contributed by atoms with Crippen LogP contribution in [-0.2, 0) is 11.8 Å². The van der Waals surface area contributed by atoms with Crippen molar-refractivity contribution < 1.29 is 14.3 Å². The van der Waals surface area contributed by atoms with E-state index in [9.17, 15) is 4.79 Å². The van der Waals surface area contributed by atoms with Gasteiger partial charge in [0.2, 0.25) is 0 Å². The predicted molar refractivity (Wildman–Crippen MR) is 131 cm³/mol. The summed E-state index contributed by atoms with van der Waals surface area (Å²) < 4.78 is 13.6. The van der Waals surface area contributed by atoms with Crippen LogP contribution in [0.2, 0.25) is 0 Å². The number of aldehydes is 1. The fraction of sp³-hybridized carbons (Fsp3) is 0.364. The molecule has 0 amide bonds. The first kappa shape index (κ1) is 25.3. The van der Waals surface area contributed by atoms with Gasteiger partial charge in [0.1, 0.15) is 17.8 Å². The molecule has 0 heterocycles. The second-order valence-corrected chi connectivity index (χ2v) is 10.9. The van der Waals surface area contributed by atoms with Crippen molar-refractivity contribution in [3.63, 3.8) is 0 Å². The van der Waals surface area contributed by atoms with Crippen LogP contribution in [0.1, 0.15) is 50.0 Å². The number of rotatable bonds is 11. The summed E-state index contributed by atoms with van der Waals surface area (Å²) in [5.74, 6) is 1.25. The van der Waals surface area contributed by atoms with Crippen LogP contribution in [0.25, 0.3) is 10.4 Å². The molecule has 168 valence electrons. The topological polar surface area (TPSA) is 99.9 Å². The van der Waals surface area contributed by atoms with Gasteiger partial charge in [0.25, 0.3) is 5.34 Å². The molecule has 0 aliphatic heterocycles. The number of carbonyl (C=O) groups is 1. The van der Waals surface area contributed by atoms with Crippen LogP contribution in [0.15, 0.2) is 58.7 Å². The van der Waals surface area contributed by atoms with E-state index >= 15 is 0 Å². The number of ether oxygens (including phenoxy) is 2. The molecule has 0 saturated heterocycles. The number of carbonyl (C=O) groups excluding carboxylic acids is 1. The van der Waals surface area contributed by atoms with E-state index < -0.39 is 17.9 Å². The zero-order valence-electron chi connectivity index (χ0n) is 18.8. The highest BCUT2D eigenvalue weighted by atomic mass is 32.4. The van der Waals surface area contributed by atoms with Gasteiger partial charge in [-0.3, -0.25) is 4.79 Å². The summed E-state index contributed by atoms with van der Waals surface area (Å²) in [6.45, 7) is 6.29. The lowest BCUT2D eigenvalue weighted by atomic mass is 10.2. The molecule has 2 unspecified atom stereocenters. The van der Waals surface area contributed by atoms with Crippen molar-refractivity contribution in [2.24, 2.45) is 10.2 Å². The van der Waals surface area contributed by atoms with Gasteiger partial charge in [0.15, 0.2) is 17.5 Å². The van der Waals surface area contributed by atoms with Gasteiger partial charge in [-0.2, -0.15) is 0 Å². The lowest BCUT2D eigenvalue weighted by molar-refractivity contribution is 0.0921. The molecule has 0 N–H and O–H groups in total. The van der Waals surface area contributed by atoms with Gasteiger partial charge < -0.3 is 9.47 Å². The average molecular weight is 473 g/mol. The molecule has 0 aromatic heterocycles. The first-order valence-corrected chi connectivity index (χ1v) is 12.3. The van der Waals surface area contributed by atoms with Crippen molar-refractivity contribution >= 4 is 31.2 Å². The SMILES string of the molecule is CCC(C)(N=[N+]=[N-])Oc1ccc(/C=N/N(C)[P+](=S)C(C)(C)Oc2ccc(C=O)cc2)cc1. The molecule has 2 aromatic rings. The van der Waals surface area contributed by atoms with Crippen molar-refractivity contribution in [3.8, 4) is 11.5 Å². The highest BCUT2D eigenvalue weighted by Crippen LogP contribution is 2.43. The third kappa shape index (κ3) is 7.02. The Labute approximate surface area is 194 Å². The fourth-order valence-electron chi connectivity index (χ4n) is 2.62. The normalized spacial score (nSPS) is 13.6. The molecule has 0 aliphatic carbocycles. The Morgan fingerprint density at radius 2 is 1.59 bits per heavy atom. The van der Waals surface area contributed by atoms with Gasteiger partial charge in [-0.1, -0.05) is 6.92 Å². The Balaban J connectivity index is 2.02. The van der Waals surface area contributed by atoms with Crippen molar-refractivity contribution in [2.45, 2.75) is 45.2 Å². The minimum atomic E-state index is -1.19. The molecule has 2 aromatic carbocycles. The molecule has 2 atom stereocenters. The molecular weight excluding hydrogens is 445 g/mol. The molecule has 0 saturated carbocycles. The number of azide groups is 1. The van der Waals surface area contributed by atoms with Crippen molar-refractivity contribution in [1.29, 1.82) is 0 Å². The Kier molecular flexibility index (Phi) is 8.72. The van der Waals surface area contributed by atoms with Gasteiger partial charge in [0.05, 0.1) is 13.3 Å². The first-order chi connectivity index (χ1) is 15.1. The predicted octanol–water partition coefficient (Wildman–Crippen LogP) is 6.25. The molecule has 0 radical (unpaired) electrons. The summed E-state index contributed by atoms with van der Waals surface area (Å²) in [6, 6.07) is 14.2. The van der Waals surface area contributed by atoms with E-state index in [1.807, 2.05) is 40.0 Å². The molecule has 0 fully saturated rings. The van der Waals surface area contributed by atoms with Crippen LogP contribution >= 0.6 is 6.85 Å². The van der Waals surface area contributed by atoms with E-state index in [-0.39, 0.29) is 0 Å². The van der Waals surface area contributed by atoms with Crippen LogP contribution in [-0.4, -0.2) is 35.4 Å². The molecule has 32 heavy (non-hydrogen) atoms. The van der Waals surface area contributed by atoms with Crippen molar-refractivity contribution in [2.75, 3.05) is 7.05 Å². The zero-order valence-corrected chi connectivity index (χ0v) is 20.5. The van der Waals surface area contributed by atoms with Gasteiger partial charge in [-0.15, -0.1) is 9.88 Å². The smallest absolute Gasteiger partial charge is 0.358 e. The highest BCUT2D eigenvalue weighted by molar-refractivity contribution is 8.04. The zero-order chi connectivity index (χ0) is 23.8. The van der Waals surface area contributed by atoms with Crippen LogP contribution in [0.3, 0.4) is 0 Å². The Morgan fingerprint density at radius 1 is 1.06 bits per heavy atom. The second-order valence-electron chi connectivity index (χ2n) is 7.63. The number of hydrogen-bond donors (Lipinski definition) is 0. The van der Waals surface area contributed by atoms with E-state index in [2.05, 4.69) is 15.1 Å². The third-order valence-corrected chi connectivity index (χ3v) is 8.28. The Morgan fingerprint density at radius 3 is 2.09 bits per heavy atom. The van der Waals surface area contributed by atoms with E-state index in [4.69, 9.17) is 26.8 Å². The second kappa shape index (κ2) is 11.0. The first-order valence-electron chi connectivity index (χ1n) is 9.97. The maximum atomic E-state index is 10.8. The molecule has 2 rings (SSSR count). The number of benzene rings is 2. The van der Waals surface area contributed by atoms with Crippen LogP contribution < -0.4 is 9.47 Å². The Hall–Kier alpha value is -2.99. The third-order valence-electron chi connectivity index (χ3n) is 4.61.